The van der Waals surface area contributed by atoms with Crippen molar-refractivity contribution in [1.82, 2.24) is 0 Å². The van der Waals surface area contributed by atoms with Gasteiger partial charge in [0.05, 0.1) is 0 Å². The van der Waals surface area contributed by atoms with Gasteiger partial charge in [-0.1, -0.05) is 6.92 Å². The van der Waals surface area contributed by atoms with E-state index in [-0.39, 0.29) is 0 Å². The zero-order valence-electron chi connectivity index (χ0n) is 7.24. The Bertz CT molecular complexity index is 227. The molecule has 0 saturated carbocycles. The topological polar surface area (TPSA) is 29.5 Å². The highest BCUT2D eigenvalue weighted by Gasteiger charge is 2.63. The van der Waals surface area contributed by atoms with Crippen LogP contribution >= 0.6 is 0 Å². The van der Waals surface area contributed by atoms with Crippen LogP contribution in [0.25, 0.3) is 0 Å². The molecule has 0 aromatic carbocycles. The first-order chi connectivity index (χ1) is 6.06. The van der Waals surface area contributed by atoms with Crippen molar-refractivity contribution < 1.29 is 31.8 Å². The smallest absolute Gasteiger partial charge is 0.358 e. The summed E-state index contributed by atoms with van der Waals surface area (Å²) in [6, 6.07) is 0. The quantitative estimate of drug-likeness (QED) is 0.634. The molecule has 1 aliphatic heterocycles. The summed E-state index contributed by atoms with van der Waals surface area (Å²) in [6.07, 6.45) is -10.8. The van der Waals surface area contributed by atoms with Crippen molar-refractivity contribution in [3.8, 4) is 0 Å². The molecule has 0 spiro atoms. The summed E-state index contributed by atoms with van der Waals surface area (Å²) in [5, 5.41) is 8.89. The maximum Gasteiger partial charge on any atom is 0.443 e. The predicted octanol–water partition coefficient (Wildman–Crippen LogP) is 2.28. The molecule has 1 saturated heterocycles. The second kappa shape index (κ2) is 3.03. The second-order valence-electron chi connectivity index (χ2n) is 3.53. The molecule has 0 radical (unpaired) electrons. The zero-order chi connectivity index (χ0) is 11.2. The van der Waals surface area contributed by atoms with E-state index in [1.807, 2.05) is 0 Å². The molecule has 0 aromatic heterocycles. The Balaban J connectivity index is 2.90. The largest absolute Gasteiger partial charge is 0.443 e. The lowest BCUT2D eigenvalue weighted by Gasteiger charge is -2.40. The molecule has 0 bridgehead atoms. The zero-order valence-corrected chi connectivity index (χ0v) is 7.24. The van der Waals surface area contributed by atoms with Crippen molar-refractivity contribution in [2.75, 3.05) is 0 Å². The van der Waals surface area contributed by atoms with Crippen LogP contribution in [0.15, 0.2) is 0 Å². The average Bonchev–Trinajstić information content (AvgIpc) is 1.76. The Labute approximate surface area is 76.7 Å². The normalized spacial score (nSPS) is 38.4. The molecule has 1 aliphatic rings. The standard InChI is InChI=1S/C7H9F5O2/c1-4-2-5(13,7(10,11)12)14-6(8,9)3-4/h4,13H,2-3H2,1H3/t4-,5?/m1/s1. The fourth-order valence-electron chi connectivity index (χ4n) is 1.45. The second-order valence-corrected chi connectivity index (χ2v) is 3.53. The highest BCUT2D eigenvalue weighted by atomic mass is 19.4. The minimum Gasteiger partial charge on any atom is -0.358 e. The molecule has 2 atom stereocenters. The van der Waals surface area contributed by atoms with Crippen LogP contribution in [0.2, 0.25) is 0 Å². The molecular weight excluding hydrogens is 211 g/mol. The van der Waals surface area contributed by atoms with Crippen molar-refractivity contribution in [3.63, 3.8) is 0 Å². The summed E-state index contributed by atoms with van der Waals surface area (Å²) in [6.45, 7) is 1.20. The monoisotopic (exact) mass is 220 g/mol. The van der Waals surface area contributed by atoms with Gasteiger partial charge in [-0.25, -0.2) is 0 Å². The summed E-state index contributed by atoms with van der Waals surface area (Å²) in [4.78, 5) is 0. The van der Waals surface area contributed by atoms with E-state index in [4.69, 9.17) is 5.11 Å². The number of hydrogen-bond donors (Lipinski definition) is 1. The van der Waals surface area contributed by atoms with E-state index < -0.39 is 36.8 Å². The molecule has 1 N–H and O–H groups in total. The SMILES string of the molecule is C[C@H]1CC(F)(F)OC(O)(C(F)(F)F)C1. The average molecular weight is 220 g/mol. The van der Waals surface area contributed by atoms with E-state index in [0.29, 0.717) is 0 Å². The van der Waals surface area contributed by atoms with Crippen molar-refractivity contribution in [2.24, 2.45) is 5.92 Å². The Hall–Kier alpha value is -0.430. The number of aliphatic hydroxyl groups is 1. The van der Waals surface area contributed by atoms with Crippen LogP contribution in [-0.4, -0.2) is 23.2 Å². The van der Waals surface area contributed by atoms with Crippen molar-refractivity contribution in [2.45, 2.75) is 37.8 Å². The fourth-order valence-corrected chi connectivity index (χ4v) is 1.45. The molecule has 0 aliphatic carbocycles. The van der Waals surface area contributed by atoms with Crippen LogP contribution in [-0.2, 0) is 4.74 Å². The van der Waals surface area contributed by atoms with Crippen LogP contribution in [0, 0.1) is 5.92 Å². The first kappa shape index (κ1) is 11.6. The van der Waals surface area contributed by atoms with Gasteiger partial charge in [0.2, 0.25) is 0 Å². The summed E-state index contributed by atoms with van der Waals surface area (Å²) in [5.41, 5.74) is 0. The fraction of sp³-hybridized carbons (Fsp3) is 1.00. The minimum absolute atomic E-state index is 0.814. The summed E-state index contributed by atoms with van der Waals surface area (Å²) < 4.78 is 65.0. The van der Waals surface area contributed by atoms with E-state index in [2.05, 4.69) is 4.74 Å². The van der Waals surface area contributed by atoms with Gasteiger partial charge < -0.3 is 5.11 Å². The minimum atomic E-state index is -5.20. The van der Waals surface area contributed by atoms with Gasteiger partial charge in [0.1, 0.15) is 0 Å². The van der Waals surface area contributed by atoms with Gasteiger partial charge in [-0.2, -0.15) is 22.0 Å². The van der Waals surface area contributed by atoms with Crippen LogP contribution in [0.3, 0.4) is 0 Å². The summed E-state index contributed by atoms with van der Waals surface area (Å²) >= 11 is 0. The van der Waals surface area contributed by atoms with Crippen molar-refractivity contribution in [3.05, 3.63) is 0 Å². The summed E-state index contributed by atoms with van der Waals surface area (Å²) in [5.74, 6) is -4.68. The van der Waals surface area contributed by atoms with Crippen LogP contribution < -0.4 is 0 Å². The molecule has 1 unspecified atom stereocenters. The number of alkyl halides is 5. The Morgan fingerprint density at radius 2 is 1.79 bits per heavy atom. The predicted molar refractivity (Wildman–Crippen MR) is 35.4 cm³/mol. The number of ether oxygens (including phenoxy) is 1. The van der Waals surface area contributed by atoms with Crippen LogP contribution in [0.5, 0.6) is 0 Å². The number of halogens is 5. The van der Waals surface area contributed by atoms with Crippen LogP contribution in [0.1, 0.15) is 19.8 Å². The maximum absolute atomic E-state index is 12.6. The van der Waals surface area contributed by atoms with Crippen LogP contribution in [0.4, 0.5) is 22.0 Å². The molecule has 84 valence electrons. The van der Waals surface area contributed by atoms with E-state index in [1.165, 1.54) is 6.92 Å². The third-order valence-electron chi connectivity index (χ3n) is 1.97. The van der Waals surface area contributed by atoms with E-state index in [0.717, 1.165) is 0 Å². The molecule has 0 amide bonds. The Morgan fingerprint density at radius 3 is 2.14 bits per heavy atom. The van der Waals surface area contributed by atoms with Gasteiger partial charge in [0.25, 0.3) is 5.79 Å². The van der Waals surface area contributed by atoms with E-state index in [9.17, 15) is 22.0 Å². The van der Waals surface area contributed by atoms with Gasteiger partial charge in [-0.3, -0.25) is 4.74 Å². The lowest BCUT2D eigenvalue weighted by molar-refractivity contribution is -0.457. The van der Waals surface area contributed by atoms with Gasteiger partial charge >= 0.3 is 12.3 Å². The molecule has 0 aromatic rings. The Morgan fingerprint density at radius 1 is 1.29 bits per heavy atom. The molecule has 7 heteroatoms. The third-order valence-corrected chi connectivity index (χ3v) is 1.97. The van der Waals surface area contributed by atoms with E-state index in [1.54, 1.807) is 0 Å². The first-order valence-electron chi connectivity index (χ1n) is 3.93. The molecular formula is C7H9F5O2. The summed E-state index contributed by atoms with van der Waals surface area (Å²) in [7, 11) is 0. The first-order valence-corrected chi connectivity index (χ1v) is 3.93. The lowest BCUT2D eigenvalue weighted by Crippen LogP contribution is -2.56. The molecule has 1 rings (SSSR count). The molecule has 14 heavy (non-hydrogen) atoms. The maximum atomic E-state index is 12.6. The van der Waals surface area contributed by atoms with Crippen molar-refractivity contribution in [1.29, 1.82) is 0 Å². The third kappa shape index (κ3) is 2.14. The van der Waals surface area contributed by atoms with Gasteiger partial charge in [-0.15, -0.1) is 0 Å². The highest BCUT2D eigenvalue weighted by molar-refractivity contribution is 4.85. The van der Waals surface area contributed by atoms with Gasteiger partial charge in [0.15, 0.2) is 0 Å². The van der Waals surface area contributed by atoms with Gasteiger partial charge in [-0.05, 0) is 5.92 Å². The molecule has 1 fully saturated rings. The Kier molecular flexibility index (Phi) is 2.52. The molecule has 2 nitrogen and oxygen atoms in total. The lowest BCUT2D eigenvalue weighted by atomic mass is 9.93. The molecule has 1 heterocycles. The van der Waals surface area contributed by atoms with Crippen molar-refractivity contribution >= 4 is 0 Å². The number of hydrogen-bond acceptors (Lipinski definition) is 2. The van der Waals surface area contributed by atoms with Gasteiger partial charge in [0, 0.05) is 12.8 Å². The van der Waals surface area contributed by atoms with E-state index >= 15 is 0 Å². The number of rotatable bonds is 0. The highest BCUT2D eigenvalue weighted by Crippen LogP contribution is 2.46.